The standard InChI is InChI=1S/C17H11F3INO3S/c18-13-5-6-15(22-26(23,24)16-2-1-7-25-16)12(17(13)20)8-10-3-4-11(21)9-14(10)19/h1-7,9,22H,8H2. The van der Waals surface area contributed by atoms with Crippen LogP contribution in [0, 0.1) is 21.0 Å². The molecule has 26 heavy (non-hydrogen) atoms. The molecule has 3 rings (SSSR count). The molecule has 0 aliphatic carbocycles. The number of benzene rings is 2. The van der Waals surface area contributed by atoms with E-state index in [1.54, 1.807) is 6.07 Å². The van der Waals surface area contributed by atoms with E-state index in [1.165, 1.54) is 30.5 Å². The van der Waals surface area contributed by atoms with E-state index in [4.69, 9.17) is 4.42 Å². The highest BCUT2D eigenvalue weighted by atomic mass is 127. The predicted octanol–water partition coefficient (Wildman–Crippen LogP) is 4.69. The van der Waals surface area contributed by atoms with Crippen LogP contribution in [-0.4, -0.2) is 8.42 Å². The molecule has 1 aromatic heterocycles. The second kappa shape index (κ2) is 7.31. The van der Waals surface area contributed by atoms with Gasteiger partial charge in [-0.3, -0.25) is 4.72 Å². The minimum atomic E-state index is -4.13. The van der Waals surface area contributed by atoms with Crippen LogP contribution in [0.5, 0.6) is 0 Å². The van der Waals surface area contributed by atoms with E-state index in [0.717, 1.165) is 12.1 Å². The van der Waals surface area contributed by atoms with Gasteiger partial charge in [-0.05, 0) is 64.6 Å². The van der Waals surface area contributed by atoms with Gasteiger partial charge in [0.1, 0.15) is 5.82 Å². The molecule has 136 valence electrons. The number of rotatable bonds is 5. The van der Waals surface area contributed by atoms with E-state index in [-0.39, 0.29) is 28.3 Å². The molecule has 1 N–H and O–H groups in total. The maximum Gasteiger partial charge on any atom is 0.295 e. The summed E-state index contributed by atoms with van der Waals surface area (Å²) >= 11 is 1.92. The monoisotopic (exact) mass is 493 g/mol. The Morgan fingerprint density at radius 2 is 1.81 bits per heavy atom. The van der Waals surface area contributed by atoms with Crippen LogP contribution in [0.2, 0.25) is 0 Å². The molecule has 0 aliphatic rings. The van der Waals surface area contributed by atoms with Crippen LogP contribution in [0.15, 0.2) is 58.2 Å². The number of anilines is 1. The molecule has 4 nitrogen and oxygen atoms in total. The zero-order valence-corrected chi connectivity index (χ0v) is 15.9. The Morgan fingerprint density at radius 1 is 1.04 bits per heavy atom. The fraction of sp³-hybridized carbons (Fsp3) is 0.0588. The van der Waals surface area contributed by atoms with E-state index in [0.29, 0.717) is 3.57 Å². The lowest BCUT2D eigenvalue weighted by Crippen LogP contribution is -2.15. The van der Waals surface area contributed by atoms with Crippen molar-refractivity contribution in [1.82, 2.24) is 0 Å². The Morgan fingerprint density at radius 3 is 2.46 bits per heavy atom. The smallest absolute Gasteiger partial charge is 0.295 e. The van der Waals surface area contributed by atoms with Gasteiger partial charge >= 0.3 is 0 Å². The molecule has 0 fully saturated rings. The van der Waals surface area contributed by atoms with Gasteiger partial charge in [-0.25, -0.2) is 13.2 Å². The van der Waals surface area contributed by atoms with Gasteiger partial charge in [-0.2, -0.15) is 8.42 Å². The van der Waals surface area contributed by atoms with Crippen molar-refractivity contribution in [2.45, 2.75) is 11.5 Å². The van der Waals surface area contributed by atoms with Crippen LogP contribution in [0.1, 0.15) is 11.1 Å². The normalized spacial score (nSPS) is 11.5. The van der Waals surface area contributed by atoms with Crippen LogP contribution in [0.4, 0.5) is 18.9 Å². The molecule has 0 bridgehead atoms. The second-order valence-corrected chi connectivity index (χ2v) is 8.20. The van der Waals surface area contributed by atoms with Gasteiger partial charge in [0, 0.05) is 15.6 Å². The van der Waals surface area contributed by atoms with E-state index in [1.807, 2.05) is 22.6 Å². The first-order valence-corrected chi connectivity index (χ1v) is 9.81. The van der Waals surface area contributed by atoms with Crippen molar-refractivity contribution in [2.75, 3.05) is 4.72 Å². The number of hydrogen-bond acceptors (Lipinski definition) is 3. The quantitative estimate of drug-likeness (QED) is 0.525. The van der Waals surface area contributed by atoms with Crippen LogP contribution < -0.4 is 4.72 Å². The largest absolute Gasteiger partial charge is 0.451 e. The molecule has 0 radical (unpaired) electrons. The highest BCUT2D eigenvalue weighted by molar-refractivity contribution is 14.1. The molecule has 0 saturated heterocycles. The summed E-state index contributed by atoms with van der Waals surface area (Å²) in [6, 6.07) is 8.76. The van der Waals surface area contributed by atoms with Crippen molar-refractivity contribution >= 4 is 38.3 Å². The summed E-state index contributed by atoms with van der Waals surface area (Å²) in [4.78, 5) is 0. The maximum absolute atomic E-state index is 14.3. The van der Waals surface area contributed by atoms with Crippen molar-refractivity contribution in [1.29, 1.82) is 0 Å². The first-order chi connectivity index (χ1) is 12.3. The molecular weight excluding hydrogens is 482 g/mol. The third-order valence-corrected chi connectivity index (χ3v) is 5.50. The Hall–Kier alpha value is -2.01. The van der Waals surface area contributed by atoms with Gasteiger partial charge in [0.15, 0.2) is 11.6 Å². The third-order valence-electron chi connectivity index (χ3n) is 3.58. The van der Waals surface area contributed by atoms with Crippen molar-refractivity contribution in [3.8, 4) is 0 Å². The minimum absolute atomic E-state index is 0.105. The summed E-state index contributed by atoms with van der Waals surface area (Å²) in [7, 11) is -4.13. The molecule has 0 spiro atoms. The first-order valence-electron chi connectivity index (χ1n) is 7.25. The number of sulfonamides is 1. The fourth-order valence-corrected chi connectivity index (χ4v) is 3.80. The van der Waals surface area contributed by atoms with Crippen molar-refractivity contribution in [3.63, 3.8) is 0 Å². The topological polar surface area (TPSA) is 59.3 Å². The maximum atomic E-state index is 14.3. The molecule has 0 aliphatic heterocycles. The molecular formula is C17H11F3INO3S. The number of nitrogens with one attached hydrogen (secondary N) is 1. The summed E-state index contributed by atoms with van der Waals surface area (Å²) in [5.41, 5.74) is -0.396. The molecule has 0 amide bonds. The van der Waals surface area contributed by atoms with Gasteiger partial charge in [-0.15, -0.1) is 0 Å². The van der Waals surface area contributed by atoms with Gasteiger partial charge in [0.2, 0.25) is 5.09 Å². The predicted molar refractivity (Wildman–Crippen MR) is 97.8 cm³/mol. The summed E-state index contributed by atoms with van der Waals surface area (Å²) in [6.45, 7) is 0. The average Bonchev–Trinajstić information content (AvgIpc) is 3.11. The average molecular weight is 493 g/mol. The van der Waals surface area contributed by atoms with Gasteiger partial charge in [0.25, 0.3) is 10.0 Å². The minimum Gasteiger partial charge on any atom is -0.451 e. The summed E-state index contributed by atoms with van der Waals surface area (Å²) in [5.74, 6) is -3.00. The molecule has 0 atom stereocenters. The van der Waals surface area contributed by atoms with Crippen molar-refractivity contribution in [3.05, 3.63) is 80.9 Å². The molecule has 9 heteroatoms. The number of hydrogen-bond donors (Lipinski definition) is 1. The van der Waals surface area contributed by atoms with Crippen molar-refractivity contribution in [2.24, 2.45) is 0 Å². The molecule has 0 saturated carbocycles. The molecule has 0 unspecified atom stereocenters. The summed E-state index contributed by atoms with van der Waals surface area (Å²) in [5, 5.41) is -0.381. The summed E-state index contributed by atoms with van der Waals surface area (Å²) < 4.78 is 74.3. The van der Waals surface area contributed by atoms with Gasteiger partial charge < -0.3 is 4.42 Å². The number of halogens is 4. The highest BCUT2D eigenvalue weighted by Gasteiger charge is 2.22. The molecule has 2 aromatic carbocycles. The zero-order chi connectivity index (χ0) is 18.9. The van der Waals surface area contributed by atoms with Gasteiger partial charge in [0.05, 0.1) is 12.0 Å². The summed E-state index contributed by atoms with van der Waals surface area (Å²) in [6.07, 6.45) is 0.837. The Labute approximate surface area is 161 Å². The lowest BCUT2D eigenvalue weighted by atomic mass is 10.0. The van der Waals surface area contributed by atoms with Crippen LogP contribution in [0.25, 0.3) is 0 Å². The Bertz CT molecular complexity index is 1050. The highest BCUT2D eigenvalue weighted by Crippen LogP contribution is 2.28. The molecule has 3 aromatic rings. The SMILES string of the molecule is O=S(=O)(Nc1ccc(F)c(F)c1Cc1ccc(I)cc1F)c1ccco1. The lowest BCUT2D eigenvalue weighted by Gasteiger charge is -2.13. The van der Waals surface area contributed by atoms with Crippen LogP contribution >= 0.6 is 22.6 Å². The first kappa shape index (κ1) is 18.8. The number of furan rings is 1. The third kappa shape index (κ3) is 3.88. The Kier molecular flexibility index (Phi) is 5.28. The zero-order valence-electron chi connectivity index (χ0n) is 13.0. The van der Waals surface area contributed by atoms with E-state index in [2.05, 4.69) is 4.72 Å². The molecule has 1 heterocycles. The second-order valence-electron chi connectivity index (χ2n) is 5.34. The fourth-order valence-electron chi connectivity index (χ4n) is 2.33. The van der Waals surface area contributed by atoms with Crippen LogP contribution in [-0.2, 0) is 16.4 Å². The van der Waals surface area contributed by atoms with E-state index >= 15 is 0 Å². The van der Waals surface area contributed by atoms with E-state index < -0.39 is 27.5 Å². The van der Waals surface area contributed by atoms with Gasteiger partial charge in [-0.1, -0.05) is 6.07 Å². The van der Waals surface area contributed by atoms with Crippen LogP contribution in [0.3, 0.4) is 0 Å². The van der Waals surface area contributed by atoms with Crippen molar-refractivity contribution < 1.29 is 26.0 Å². The Balaban J connectivity index is 2.03. The lowest BCUT2D eigenvalue weighted by molar-refractivity contribution is 0.452. The van der Waals surface area contributed by atoms with E-state index in [9.17, 15) is 21.6 Å².